The highest BCUT2D eigenvalue weighted by molar-refractivity contribution is 5.89. The molecule has 0 N–H and O–H groups in total. The quantitative estimate of drug-likeness (QED) is 0.343. The Labute approximate surface area is 200 Å². The lowest BCUT2D eigenvalue weighted by Gasteiger charge is -2.11. The summed E-state index contributed by atoms with van der Waals surface area (Å²) in [6.07, 6.45) is 0. The van der Waals surface area contributed by atoms with E-state index < -0.39 is 11.9 Å². The summed E-state index contributed by atoms with van der Waals surface area (Å²) in [5.74, 6) is 0.389. The minimum atomic E-state index is -0.464. The van der Waals surface area contributed by atoms with E-state index in [-0.39, 0.29) is 17.8 Å². The fourth-order valence-corrected chi connectivity index (χ4v) is 3.39. The van der Waals surface area contributed by atoms with Crippen LogP contribution < -0.4 is 14.9 Å². The maximum Gasteiger partial charge on any atom is 0.337 e. The molecule has 4 rings (SSSR count). The van der Waals surface area contributed by atoms with Crippen LogP contribution in [0.5, 0.6) is 17.2 Å². The summed E-state index contributed by atoms with van der Waals surface area (Å²) in [6.45, 7) is 1.90. The fraction of sp³-hybridized carbons (Fsp3) is 0.148. The van der Waals surface area contributed by atoms with Gasteiger partial charge in [0.05, 0.1) is 30.7 Å². The molecule has 0 bridgehead atoms. The number of rotatable bonds is 7. The summed E-state index contributed by atoms with van der Waals surface area (Å²) in [7, 11) is 2.63. The van der Waals surface area contributed by atoms with Crippen LogP contribution in [0.1, 0.15) is 32.0 Å². The van der Waals surface area contributed by atoms with E-state index >= 15 is 0 Å². The van der Waals surface area contributed by atoms with Gasteiger partial charge < -0.3 is 23.4 Å². The molecule has 4 aromatic rings. The maximum absolute atomic E-state index is 13.0. The molecule has 0 aliphatic rings. The molecule has 0 atom stereocenters. The summed E-state index contributed by atoms with van der Waals surface area (Å²) in [5.41, 5.74) is 1.72. The molecule has 178 valence electrons. The number of benzene rings is 3. The molecule has 0 aliphatic heterocycles. The highest BCUT2D eigenvalue weighted by atomic mass is 16.5. The van der Waals surface area contributed by atoms with Gasteiger partial charge in [-0.05, 0) is 61.0 Å². The zero-order chi connectivity index (χ0) is 24.9. The first kappa shape index (κ1) is 23.6. The first-order valence-corrected chi connectivity index (χ1v) is 10.6. The van der Waals surface area contributed by atoms with Gasteiger partial charge in [0.25, 0.3) is 0 Å². The van der Waals surface area contributed by atoms with Crippen molar-refractivity contribution in [3.63, 3.8) is 0 Å². The third kappa shape index (κ3) is 5.16. The van der Waals surface area contributed by atoms with Crippen molar-refractivity contribution < 1.29 is 33.0 Å². The normalized spacial score (nSPS) is 10.6. The van der Waals surface area contributed by atoms with Crippen molar-refractivity contribution in [2.45, 2.75) is 13.5 Å². The van der Waals surface area contributed by atoms with Crippen molar-refractivity contribution in [2.75, 3.05) is 14.2 Å². The van der Waals surface area contributed by atoms with E-state index in [0.29, 0.717) is 39.4 Å². The number of hydrogen-bond donors (Lipinski definition) is 0. The Kier molecular flexibility index (Phi) is 6.82. The molecule has 35 heavy (non-hydrogen) atoms. The number of carbonyl (C=O) groups excluding carboxylic acids is 2. The smallest absolute Gasteiger partial charge is 0.337 e. The fourth-order valence-electron chi connectivity index (χ4n) is 3.39. The van der Waals surface area contributed by atoms with Crippen LogP contribution in [0, 0.1) is 6.92 Å². The van der Waals surface area contributed by atoms with Crippen LogP contribution in [0.2, 0.25) is 0 Å². The SMILES string of the molecule is COC(=O)c1ccc(COc2ccc3c(=O)c(Oc4ccc(C(=O)OC)cc4)c(C)oc3c2)cc1. The average Bonchev–Trinajstić information content (AvgIpc) is 2.89. The summed E-state index contributed by atoms with van der Waals surface area (Å²) in [4.78, 5) is 36.2. The molecule has 3 aromatic carbocycles. The van der Waals surface area contributed by atoms with Crippen molar-refractivity contribution in [3.8, 4) is 17.2 Å². The summed E-state index contributed by atoms with van der Waals surface area (Å²) in [5, 5.41) is 0.339. The molecule has 8 heteroatoms. The van der Waals surface area contributed by atoms with Crippen LogP contribution in [-0.4, -0.2) is 26.2 Å². The van der Waals surface area contributed by atoms with Gasteiger partial charge in [-0.25, -0.2) is 9.59 Å². The van der Waals surface area contributed by atoms with E-state index in [4.69, 9.17) is 18.6 Å². The van der Waals surface area contributed by atoms with E-state index in [1.165, 1.54) is 14.2 Å². The Bertz CT molecular complexity index is 1430. The van der Waals surface area contributed by atoms with Gasteiger partial charge in [-0.2, -0.15) is 0 Å². The van der Waals surface area contributed by atoms with E-state index in [0.717, 1.165) is 5.56 Å². The lowest BCUT2D eigenvalue weighted by Crippen LogP contribution is -2.08. The molecule has 1 aromatic heterocycles. The highest BCUT2D eigenvalue weighted by Gasteiger charge is 2.15. The number of fused-ring (bicyclic) bond motifs is 1. The van der Waals surface area contributed by atoms with Crippen molar-refractivity contribution in [3.05, 3.63) is 99.4 Å². The standard InChI is InChI=1S/C27H22O8/c1-16-25(35-20-10-8-19(9-11-20)27(30)32-3)24(28)22-13-12-21(14-23(22)34-16)33-15-17-4-6-18(7-5-17)26(29)31-2/h4-14H,15H2,1-3H3. The van der Waals surface area contributed by atoms with Gasteiger partial charge >= 0.3 is 11.9 Å². The van der Waals surface area contributed by atoms with Crippen LogP contribution in [0.25, 0.3) is 11.0 Å². The number of hydrogen-bond acceptors (Lipinski definition) is 8. The molecule has 1 heterocycles. The second kappa shape index (κ2) is 10.1. The Morgan fingerprint density at radius 3 is 1.97 bits per heavy atom. The second-order valence-corrected chi connectivity index (χ2v) is 7.57. The number of esters is 2. The summed E-state index contributed by atoms with van der Waals surface area (Å²) in [6, 6.07) is 18.1. The molecule has 0 saturated heterocycles. The largest absolute Gasteiger partial charge is 0.489 e. The predicted molar refractivity (Wildman–Crippen MR) is 127 cm³/mol. The van der Waals surface area contributed by atoms with Gasteiger partial charge in [0, 0.05) is 6.07 Å². The predicted octanol–water partition coefficient (Wildman–Crippen LogP) is 5.05. The van der Waals surface area contributed by atoms with Crippen LogP contribution in [0.3, 0.4) is 0 Å². The maximum atomic E-state index is 13.0. The topological polar surface area (TPSA) is 101 Å². The minimum absolute atomic E-state index is 0.0580. The molecule has 0 radical (unpaired) electrons. The summed E-state index contributed by atoms with van der Waals surface area (Å²) >= 11 is 0. The number of carbonyl (C=O) groups is 2. The molecular weight excluding hydrogens is 452 g/mol. The van der Waals surface area contributed by atoms with Crippen molar-refractivity contribution in [1.29, 1.82) is 0 Å². The second-order valence-electron chi connectivity index (χ2n) is 7.57. The lowest BCUT2D eigenvalue weighted by molar-refractivity contribution is 0.0592. The minimum Gasteiger partial charge on any atom is -0.489 e. The Morgan fingerprint density at radius 1 is 0.800 bits per heavy atom. The van der Waals surface area contributed by atoms with Crippen molar-refractivity contribution >= 4 is 22.9 Å². The lowest BCUT2D eigenvalue weighted by atomic mass is 10.1. The van der Waals surface area contributed by atoms with Gasteiger partial charge in [-0.15, -0.1) is 0 Å². The number of aryl methyl sites for hydroxylation is 1. The molecule has 0 saturated carbocycles. The molecule has 0 unspecified atom stereocenters. The molecule has 0 amide bonds. The first-order chi connectivity index (χ1) is 16.9. The number of ether oxygens (including phenoxy) is 4. The van der Waals surface area contributed by atoms with Crippen LogP contribution in [0.4, 0.5) is 0 Å². The van der Waals surface area contributed by atoms with Gasteiger partial charge in [0.15, 0.2) is 0 Å². The Balaban J connectivity index is 1.51. The highest BCUT2D eigenvalue weighted by Crippen LogP contribution is 2.28. The van der Waals surface area contributed by atoms with E-state index in [9.17, 15) is 14.4 Å². The van der Waals surface area contributed by atoms with Crippen LogP contribution >= 0.6 is 0 Å². The first-order valence-electron chi connectivity index (χ1n) is 10.6. The number of methoxy groups -OCH3 is 2. The summed E-state index contributed by atoms with van der Waals surface area (Å²) < 4.78 is 26.8. The van der Waals surface area contributed by atoms with Crippen molar-refractivity contribution in [2.24, 2.45) is 0 Å². The van der Waals surface area contributed by atoms with Gasteiger partial charge in [-0.3, -0.25) is 4.79 Å². The molecule has 0 spiro atoms. The zero-order valence-electron chi connectivity index (χ0n) is 19.3. The van der Waals surface area contributed by atoms with E-state index in [1.807, 2.05) is 0 Å². The van der Waals surface area contributed by atoms with E-state index in [2.05, 4.69) is 4.74 Å². The molecule has 0 fully saturated rings. The van der Waals surface area contributed by atoms with E-state index in [1.54, 1.807) is 73.7 Å². The van der Waals surface area contributed by atoms with Gasteiger partial charge in [-0.1, -0.05) is 12.1 Å². The molecular formula is C27H22O8. The van der Waals surface area contributed by atoms with Gasteiger partial charge in [0.2, 0.25) is 11.2 Å². The average molecular weight is 474 g/mol. The third-order valence-corrected chi connectivity index (χ3v) is 5.26. The third-order valence-electron chi connectivity index (χ3n) is 5.26. The Hall–Kier alpha value is -4.59. The molecule has 0 aliphatic carbocycles. The Morgan fingerprint density at radius 2 is 1.37 bits per heavy atom. The van der Waals surface area contributed by atoms with Crippen LogP contribution in [-0.2, 0) is 16.1 Å². The zero-order valence-corrected chi connectivity index (χ0v) is 19.3. The van der Waals surface area contributed by atoms with Crippen molar-refractivity contribution in [1.82, 2.24) is 0 Å². The monoisotopic (exact) mass is 474 g/mol. The molecule has 8 nitrogen and oxygen atoms in total. The van der Waals surface area contributed by atoms with Gasteiger partial charge in [0.1, 0.15) is 29.4 Å². The van der Waals surface area contributed by atoms with Crippen LogP contribution in [0.15, 0.2) is 75.9 Å².